The lowest BCUT2D eigenvalue weighted by Gasteiger charge is -2.25. The number of nitrogens with zero attached hydrogens (tertiary/aromatic N) is 1. The van der Waals surface area contributed by atoms with Gasteiger partial charge < -0.3 is 10.0 Å². The molecule has 1 atom stereocenters. The van der Waals surface area contributed by atoms with Crippen LogP contribution in [0.25, 0.3) is 0 Å². The average molecular weight is 249 g/mol. The fraction of sp³-hybridized carbons (Fsp3) is 0.533. The molecule has 1 unspecified atom stereocenters. The van der Waals surface area contributed by atoms with E-state index in [0.29, 0.717) is 12.3 Å². The molecule has 0 saturated carbocycles. The van der Waals surface area contributed by atoms with Crippen molar-refractivity contribution in [1.29, 1.82) is 0 Å². The van der Waals surface area contributed by atoms with Crippen LogP contribution in [0.5, 0.6) is 5.75 Å². The Bertz CT molecular complexity index is 384. The maximum Gasteiger partial charge on any atom is 0.222 e. The molecule has 0 aliphatic carbocycles. The van der Waals surface area contributed by atoms with E-state index in [1.54, 1.807) is 17.0 Å². The molecule has 0 spiro atoms. The topological polar surface area (TPSA) is 40.5 Å². The highest BCUT2D eigenvalue weighted by Crippen LogP contribution is 2.22. The zero-order chi connectivity index (χ0) is 13.7. The molecule has 0 aromatic heterocycles. The first-order chi connectivity index (χ1) is 8.41. The van der Waals surface area contributed by atoms with Crippen LogP contribution in [-0.4, -0.2) is 23.0 Å². The smallest absolute Gasteiger partial charge is 0.222 e. The Morgan fingerprint density at radius 3 is 2.28 bits per heavy atom. The largest absolute Gasteiger partial charge is 0.508 e. The zero-order valence-electron chi connectivity index (χ0n) is 11.7. The quantitative estimate of drug-likeness (QED) is 0.869. The number of aromatic hydroxyl groups is 1. The second-order valence-electron chi connectivity index (χ2n) is 5.20. The Morgan fingerprint density at radius 2 is 1.78 bits per heavy atom. The first-order valence-electron chi connectivity index (χ1n) is 6.46. The highest BCUT2D eigenvalue weighted by Gasteiger charge is 2.17. The summed E-state index contributed by atoms with van der Waals surface area (Å²) in [4.78, 5) is 13.8. The normalized spacial score (nSPS) is 12.5. The first-order valence-corrected chi connectivity index (χ1v) is 6.46. The van der Waals surface area contributed by atoms with Gasteiger partial charge in [-0.25, -0.2) is 0 Å². The summed E-state index contributed by atoms with van der Waals surface area (Å²) < 4.78 is 0. The Kier molecular flexibility index (Phi) is 5.20. The van der Waals surface area contributed by atoms with E-state index in [1.165, 1.54) is 0 Å². The summed E-state index contributed by atoms with van der Waals surface area (Å²) in [5, 5.41) is 9.25. The van der Waals surface area contributed by atoms with Crippen LogP contribution < -0.4 is 0 Å². The van der Waals surface area contributed by atoms with Crippen molar-refractivity contribution in [3.05, 3.63) is 29.8 Å². The molecule has 0 fully saturated rings. The number of hydrogen-bond donors (Lipinski definition) is 1. The standard InChI is InChI=1S/C15H23NO2/c1-11(2)5-10-15(18)16(4)12(3)13-6-8-14(17)9-7-13/h6-9,11-12,17H,5,10H2,1-4H3. The number of amides is 1. The number of phenols is 1. The predicted molar refractivity (Wildman–Crippen MR) is 73.4 cm³/mol. The van der Waals surface area contributed by atoms with Crippen molar-refractivity contribution >= 4 is 5.91 Å². The summed E-state index contributed by atoms with van der Waals surface area (Å²) in [5.74, 6) is 0.968. The van der Waals surface area contributed by atoms with Crippen LogP contribution in [-0.2, 0) is 4.79 Å². The van der Waals surface area contributed by atoms with Gasteiger partial charge in [0.1, 0.15) is 5.75 Å². The van der Waals surface area contributed by atoms with Crippen molar-refractivity contribution in [2.45, 2.75) is 39.7 Å². The van der Waals surface area contributed by atoms with E-state index in [4.69, 9.17) is 0 Å². The van der Waals surface area contributed by atoms with Gasteiger partial charge in [-0.1, -0.05) is 26.0 Å². The number of phenolic OH excluding ortho intramolecular Hbond substituents is 1. The SMILES string of the molecule is CC(C)CCC(=O)N(C)C(C)c1ccc(O)cc1. The molecule has 3 nitrogen and oxygen atoms in total. The van der Waals surface area contributed by atoms with Crippen LogP contribution in [0.2, 0.25) is 0 Å². The minimum Gasteiger partial charge on any atom is -0.508 e. The third-order valence-electron chi connectivity index (χ3n) is 3.29. The van der Waals surface area contributed by atoms with Crippen molar-refractivity contribution in [1.82, 2.24) is 4.90 Å². The number of rotatable bonds is 5. The molecule has 1 N–H and O–H groups in total. The molecule has 1 rings (SSSR count). The summed E-state index contributed by atoms with van der Waals surface area (Å²) in [6.45, 7) is 6.24. The van der Waals surface area contributed by atoms with Crippen LogP contribution in [0, 0.1) is 5.92 Å². The van der Waals surface area contributed by atoms with Crippen LogP contribution in [0.3, 0.4) is 0 Å². The Labute approximate surface area is 109 Å². The van der Waals surface area contributed by atoms with Crippen LogP contribution in [0.4, 0.5) is 0 Å². The van der Waals surface area contributed by atoms with E-state index < -0.39 is 0 Å². The number of carbonyl (C=O) groups excluding carboxylic acids is 1. The van der Waals surface area contributed by atoms with Gasteiger partial charge in [-0.2, -0.15) is 0 Å². The van der Waals surface area contributed by atoms with Crippen molar-refractivity contribution < 1.29 is 9.90 Å². The average Bonchev–Trinajstić information content (AvgIpc) is 2.35. The van der Waals surface area contributed by atoms with Gasteiger partial charge in [0.15, 0.2) is 0 Å². The van der Waals surface area contributed by atoms with Gasteiger partial charge in [-0.15, -0.1) is 0 Å². The molecule has 0 radical (unpaired) electrons. The molecular formula is C15H23NO2. The molecule has 0 heterocycles. The lowest BCUT2D eigenvalue weighted by Crippen LogP contribution is -2.29. The van der Waals surface area contributed by atoms with E-state index in [1.807, 2.05) is 26.1 Å². The number of hydrogen-bond acceptors (Lipinski definition) is 2. The van der Waals surface area contributed by atoms with E-state index in [0.717, 1.165) is 12.0 Å². The third kappa shape index (κ3) is 4.06. The molecule has 3 heteroatoms. The van der Waals surface area contributed by atoms with Crippen LogP contribution in [0.1, 0.15) is 45.2 Å². The van der Waals surface area contributed by atoms with Gasteiger partial charge in [0, 0.05) is 13.5 Å². The summed E-state index contributed by atoms with van der Waals surface area (Å²) in [7, 11) is 1.83. The number of benzene rings is 1. The van der Waals surface area contributed by atoms with Gasteiger partial charge in [0.2, 0.25) is 5.91 Å². The number of carbonyl (C=O) groups is 1. The summed E-state index contributed by atoms with van der Waals surface area (Å²) in [5.41, 5.74) is 1.04. The van der Waals surface area contributed by atoms with E-state index in [2.05, 4.69) is 13.8 Å². The summed E-state index contributed by atoms with van der Waals surface area (Å²) in [6.07, 6.45) is 1.52. The van der Waals surface area contributed by atoms with Crippen molar-refractivity contribution in [3.8, 4) is 5.75 Å². The minimum absolute atomic E-state index is 0.0327. The molecule has 18 heavy (non-hydrogen) atoms. The second kappa shape index (κ2) is 6.43. The van der Waals surface area contributed by atoms with Crippen LogP contribution >= 0.6 is 0 Å². The fourth-order valence-corrected chi connectivity index (χ4v) is 1.78. The van der Waals surface area contributed by atoms with Crippen molar-refractivity contribution in [2.24, 2.45) is 5.92 Å². The fourth-order valence-electron chi connectivity index (χ4n) is 1.78. The molecule has 100 valence electrons. The van der Waals surface area contributed by atoms with Gasteiger partial charge in [-0.3, -0.25) is 4.79 Å². The molecule has 0 saturated heterocycles. The van der Waals surface area contributed by atoms with Gasteiger partial charge in [-0.05, 0) is 37.0 Å². The van der Waals surface area contributed by atoms with E-state index >= 15 is 0 Å². The third-order valence-corrected chi connectivity index (χ3v) is 3.29. The lowest BCUT2D eigenvalue weighted by molar-refractivity contribution is -0.132. The maximum absolute atomic E-state index is 12.0. The molecule has 0 aliphatic rings. The maximum atomic E-state index is 12.0. The Hall–Kier alpha value is -1.51. The molecule has 1 amide bonds. The molecular weight excluding hydrogens is 226 g/mol. The molecule has 1 aromatic carbocycles. The van der Waals surface area contributed by atoms with Crippen LogP contribution in [0.15, 0.2) is 24.3 Å². The second-order valence-corrected chi connectivity index (χ2v) is 5.20. The minimum atomic E-state index is 0.0327. The lowest BCUT2D eigenvalue weighted by atomic mass is 10.0. The monoisotopic (exact) mass is 249 g/mol. The van der Waals surface area contributed by atoms with Gasteiger partial charge >= 0.3 is 0 Å². The molecule has 0 bridgehead atoms. The zero-order valence-corrected chi connectivity index (χ0v) is 11.7. The van der Waals surface area contributed by atoms with E-state index in [-0.39, 0.29) is 17.7 Å². The summed E-state index contributed by atoms with van der Waals surface area (Å²) in [6, 6.07) is 7.04. The van der Waals surface area contributed by atoms with Crippen molar-refractivity contribution in [2.75, 3.05) is 7.05 Å². The molecule has 0 aliphatic heterocycles. The highest BCUT2D eigenvalue weighted by molar-refractivity contribution is 5.76. The predicted octanol–water partition coefficient (Wildman–Crippen LogP) is 3.35. The molecule has 1 aromatic rings. The van der Waals surface area contributed by atoms with Gasteiger partial charge in [0.05, 0.1) is 6.04 Å². The first kappa shape index (κ1) is 14.6. The Morgan fingerprint density at radius 1 is 1.22 bits per heavy atom. The summed E-state index contributed by atoms with van der Waals surface area (Å²) >= 11 is 0. The highest BCUT2D eigenvalue weighted by atomic mass is 16.3. The van der Waals surface area contributed by atoms with E-state index in [9.17, 15) is 9.90 Å². The van der Waals surface area contributed by atoms with Gasteiger partial charge in [0.25, 0.3) is 0 Å². The Balaban J connectivity index is 2.62. The van der Waals surface area contributed by atoms with Crippen molar-refractivity contribution in [3.63, 3.8) is 0 Å².